The lowest BCUT2D eigenvalue weighted by Crippen LogP contribution is -2.45. The first-order valence-electron chi connectivity index (χ1n) is 7.14. The van der Waals surface area contributed by atoms with Crippen molar-refractivity contribution in [1.29, 1.82) is 0 Å². The van der Waals surface area contributed by atoms with Gasteiger partial charge in [0.25, 0.3) is 0 Å². The van der Waals surface area contributed by atoms with Gasteiger partial charge in [-0.05, 0) is 33.1 Å². The van der Waals surface area contributed by atoms with Gasteiger partial charge in [-0.2, -0.15) is 0 Å². The summed E-state index contributed by atoms with van der Waals surface area (Å²) in [6.45, 7) is 12.4. The molecule has 0 aromatic heterocycles. The monoisotopic (exact) mass is 271 g/mol. The molecule has 1 amide bonds. The zero-order valence-electron chi connectivity index (χ0n) is 13.2. The van der Waals surface area contributed by atoms with E-state index < -0.39 is 5.60 Å². The number of nitrogens with zero attached hydrogens (tertiary/aromatic N) is 1. The van der Waals surface area contributed by atoms with Gasteiger partial charge in [0.15, 0.2) is 0 Å². The van der Waals surface area contributed by atoms with Crippen LogP contribution in [-0.4, -0.2) is 35.5 Å². The van der Waals surface area contributed by atoms with Crippen molar-refractivity contribution in [3.8, 4) is 0 Å². The van der Waals surface area contributed by atoms with Crippen molar-refractivity contribution in [3.63, 3.8) is 0 Å². The van der Waals surface area contributed by atoms with Gasteiger partial charge in [0, 0.05) is 19.0 Å². The van der Waals surface area contributed by atoms with Gasteiger partial charge in [0.05, 0.1) is 0 Å². The molecule has 19 heavy (non-hydrogen) atoms. The lowest BCUT2D eigenvalue weighted by atomic mass is 10.1. The first-order chi connectivity index (χ1) is 8.71. The molecule has 0 saturated carbocycles. The predicted molar refractivity (Wildman–Crippen MR) is 77.2 cm³/mol. The molecule has 1 atom stereocenters. The Balaban J connectivity index is 4.93. The highest BCUT2D eigenvalue weighted by molar-refractivity contribution is 5.69. The number of hydrogen-bond acceptors (Lipinski definition) is 3. The van der Waals surface area contributed by atoms with Crippen LogP contribution in [0.5, 0.6) is 0 Å². The number of aldehydes is 1. The fraction of sp³-hybridized carbons (Fsp3) is 0.867. The van der Waals surface area contributed by atoms with Crippen LogP contribution in [0.4, 0.5) is 4.79 Å². The molecule has 4 heteroatoms. The van der Waals surface area contributed by atoms with Crippen LogP contribution in [0.3, 0.4) is 0 Å². The molecule has 0 spiro atoms. The first-order valence-corrected chi connectivity index (χ1v) is 7.14. The second-order valence-electron chi connectivity index (χ2n) is 6.37. The van der Waals surface area contributed by atoms with Gasteiger partial charge in [0.2, 0.25) is 0 Å². The molecule has 112 valence electrons. The summed E-state index contributed by atoms with van der Waals surface area (Å²) in [6, 6.07) is -0.0558. The van der Waals surface area contributed by atoms with Crippen molar-refractivity contribution in [2.45, 2.75) is 72.4 Å². The van der Waals surface area contributed by atoms with Gasteiger partial charge in [0.1, 0.15) is 11.9 Å². The van der Waals surface area contributed by atoms with Crippen LogP contribution < -0.4 is 0 Å². The number of ether oxygens (including phenoxy) is 1. The van der Waals surface area contributed by atoms with Crippen molar-refractivity contribution in [1.82, 2.24) is 4.90 Å². The van der Waals surface area contributed by atoms with Crippen molar-refractivity contribution in [2.75, 3.05) is 6.54 Å². The van der Waals surface area contributed by atoms with Crippen molar-refractivity contribution in [2.24, 2.45) is 5.92 Å². The summed E-state index contributed by atoms with van der Waals surface area (Å²) in [6.07, 6.45) is 2.71. The number of rotatable bonds is 7. The maximum absolute atomic E-state index is 12.3. The van der Waals surface area contributed by atoms with Crippen molar-refractivity contribution in [3.05, 3.63) is 0 Å². The van der Waals surface area contributed by atoms with Crippen LogP contribution in [-0.2, 0) is 9.53 Å². The van der Waals surface area contributed by atoms with E-state index in [1.54, 1.807) is 4.90 Å². The minimum absolute atomic E-state index is 0.0558. The summed E-state index contributed by atoms with van der Waals surface area (Å²) in [5.41, 5.74) is -0.510. The number of hydrogen-bond donors (Lipinski definition) is 0. The average molecular weight is 271 g/mol. The van der Waals surface area contributed by atoms with E-state index in [4.69, 9.17) is 4.74 Å². The molecule has 0 fully saturated rings. The summed E-state index contributed by atoms with van der Waals surface area (Å²) in [7, 11) is 0. The van der Waals surface area contributed by atoms with E-state index in [9.17, 15) is 9.59 Å². The summed E-state index contributed by atoms with van der Waals surface area (Å²) in [5.74, 6) is 0.346. The van der Waals surface area contributed by atoms with E-state index in [-0.39, 0.29) is 12.1 Å². The largest absolute Gasteiger partial charge is 0.444 e. The molecule has 0 bridgehead atoms. The molecular weight excluding hydrogens is 242 g/mol. The van der Waals surface area contributed by atoms with Gasteiger partial charge in [-0.1, -0.05) is 27.2 Å². The molecule has 0 saturated heterocycles. The molecule has 0 aromatic rings. The Morgan fingerprint density at radius 2 is 1.89 bits per heavy atom. The standard InChI is InChI=1S/C15H29NO3/c1-7-8-13(9-10-17)16(11-12(2)3)14(18)19-15(4,5)6/h10,12-13H,7-9,11H2,1-6H3. The van der Waals surface area contributed by atoms with Gasteiger partial charge < -0.3 is 14.4 Å². The van der Waals surface area contributed by atoms with Gasteiger partial charge in [-0.15, -0.1) is 0 Å². The molecule has 0 radical (unpaired) electrons. The Kier molecular flexibility index (Phi) is 7.72. The topological polar surface area (TPSA) is 46.6 Å². The summed E-state index contributed by atoms with van der Waals surface area (Å²) >= 11 is 0. The molecule has 0 aliphatic heterocycles. The SMILES string of the molecule is CCCC(CC=O)N(CC(C)C)C(=O)OC(C)(C)C. The van der Waals surface area contributed by atoms with Crippen LogP contribution in [0.2, 0.25) is 0 Å². The second kappa shape index (κ2) is 8.18. The summed E-state index contributed by atoms with van der Waals surface area (Å²) in [5, 5.41) is 0. The van der Waals surface area contributed by atoms with Gasteiger partial charge >= 0.3 is 6.09 Å². The third kappa shape index (κ3) is 7.85. The van der Waals surface area contributed by atoms with Crippen molar-refractivity contribution >= 4 is 12.4 Å². The van der Waals surface area contributed by atoms with Crippen LogP contribution >= 0.6 is 0 Å². The highest BCUT2D eigenvalue weighted by Gasteiger charge is 2.28. The maximum atomic E-state index is 12.3. The molecule has 0 rings (SSSR count). The third-order valence-corrected chi connectivity index (χ3v) is 2.62. The molecule has 0 heterocycles. The lowest BCUT2D eigenvalue weighted by Gasteiger charge is -2.34. The molecule has 0 aromatic carbocycles. The minimum Gasteiger partial charge on any atom is -0.444 e. The van der Waals surface area contributed by atoms with Crippen LogP contribution in [0.25, 0.3) is 0 Å². The molecule has 0 aliphatic rings. The van der Waals surface area contributed by atoms with E-state index in [0.717, 1.165) is 19.1 Å². The highest BCUT2D eigenvalue weighted by atomic mass is 16.6. The second-order valence-corrected chi connectivity index (χ2v) is 6.37. The first kappa shape index (κ1) is 17.9. The van der Waals surface area contributed by atoms with Crippen LogP contribution in [0.1, 0.15) is 60.8 Å². The molecule has 0 aliphatic carbocycles. The van der Waals surface area contributed by atoms with Gasteiger partial charge in [-0.3, -0.25) is 0 Å². The Morgan fingerprint density at radius 1 is 1.32 bits per heavy atom. The lowest BCUT2D eigenvalue weighted by molar-refractivity contribution is -0.109. The predicted octanol–water partition coefficient (Wildman–Crippen LogP) is 3.64. The quantitative estimate of drug-likeness (QED) is 0.664. The maximum Gasteiger partial charge on any atom is 0.410 e. The zero-order valence-corrected chi connectivity index (χ0v) is 13.2. The number of carbonyl (C=O) groups is 2. The Morgan fingerprint density at radius 3 is 2.26 bits per heavy atom. The van der Waals surface area contributed by atoms with Crippen LogP contribution in [0, 0.1) is 5.92 Å². The highest BCUT2D eigenvalue weighted by Crippen LogP contribution is 2.17. The average Bonchev–Trinajstić information content (AvgIpc) is 2.23. The van der Waals surface area contributed by atoms with E-state index in [1.165, 1.54) is 0 Å². The zero-order chi connectivity index (χ0) is 15.1. The molecule has 4 nitrogen and oxygen atoms in total. The molecule has 0 N–H and O–H groups in total. The third-order valence-electron chi connectivity index (χ3n) is 2.62. The summed E-state index contributed by atoms with van der Waals surface area (Å²) < 4.78 is 5.45. The Hall–Kier alpha value is -1.06. The van der Waals surface area contributed by atoms with Crippen molar-refractivity contribution < 1.29 is 14.3 Å². The van der Waals surface area contributed by atoms with Crippen LogP contribution in [0.15, 0.2) is 0 Å². The molecular formula is C15H29NO3. The van der Waals surface area contributed by atoms with E-state index in [1.807, 2.05) is 20.8 Å². The fourth-order valence-electron chi connectivity index (χ4n) is 1.93. The van der Waals surface area contributed by atoms with Gasteiger partial charge in [-0.25, -0.2) is 4.79 Å². The normalized spacial score (nSPS) is 13.2. The summed E-state index contributed by atoms with van der Waals surface area (Å²) in [4.78, 5) is 24.8. The smallest absolute Gasteiger partial charge is 0.410 e. The molecule has 1 unspecified atom stereocenters. The van der Waals surface area contributed by atoms with E-state index in [0.29, 0.717) is 18.9 Å². The Bertz CT molecular complexity index is 282. The number of carbonyl (C=O) groups excluding carboxylic acids is 2. The fourth-order valence-corrected chi connectivity index (χ4v) is 1.93. The van der Waals surface area contributed by atoms with E-state index in [2.05, 4.69) is 20.8 Å². The number of amides is 1. The Labute approximate surface area is 117 Å². The van der Waals surface area contributed by atoms with E-state index >= 15 is 0 Å². The minimum atomic E-state index is -0.510.